The maximum Gasteiger partial charge on any atom is 0.135 e. The number of hydrogen-bond donors (Lipinski definition) is 3. The lowest BCUT2D eigenvalue weighted by Gasteiger charge is -2.28. The second-order valence-electron chi connectivity index (χ2n) is 6.50. The summed E-state index contributed by atoms with van der Waals surface area (Å²) in [5, 5.41) is 15.1. The van der Waals surface area contributed by atoms with E-state index >= 15 is 0 Å². The van der Waals surface area contributed by atoms with Crippen molar-refractivity contribution in [1.82, 2.24) is 10.3 Å². The molecule has 1 aliphatic carbocycles. The Morgan fingerprint density at radius 3 is 2.78 bits per heavy atom. The zero-order valence-electron chi connectivity index (χ0n) is 14.3. The molecule has 1 aromatic rings. The van der Waals surface area contributed by atoms with Crippen LogP contribution in [0.15, 0.2) is 16.7 Å². The van der Waals surface area contributed by atoms with Crippen molar-refractivity contribution < 1.29 is 0 Å². The number of rotatable bonds is 8. The molecule has 5 heteroatoms. The molecule has 1 atom stereocenters. The lowest BCUT2D eigenvalue weighted by atomic mass is 9.94. The predicted molar refractivity (Wildman–Crippen MR) is 102 cm³/mol. The first-order valence-electron chi connectivity index (χ1n) is 8.81. The van der Waals surface area contributed by atoms with Gasteiger partial charge in [-0.25, -0.2) is 4.98 Å². The summed E-state index contributed by atoms with van der Waals surface area (Å²) in [5.74, 6) is 0.813. The summed E-state index contributed by atoms with van der Waals surface area (Å²) >= 11 is 3.43. The first-order chi connectivity index (χ1) is 11.1. The number of halogens is 1. The third-order valence-corrected chi connectivity index (χ3v) is 5.05. The van der Waals surface area contributed by atoms with Gasteiger partial charge in [0.25, 0.3) is 0 Å². The summed E-state index contributed by atoms with van der Waals surface area (Å²) in [6, 6.07) is 3.22. The molecule has 128 valence electrons. The van der Waals surface area contributed by atoms with E-state index in [0.717, 1.165) is 35.2 Å². The van der Waals surface area contributed by atoms with Crippen molar-refractivity contribution in [3.8, 4) is 0 Å². The number of nitrogens with one attached hydrogen (secondary N) is 3. The molecule has 0 bridgehead atoms. The Balaban J connectivity index is 1.84. The normalized spacial score (nSPS) is 17.0. The van der Waals surface area contributed by atoms with E-state index in [1.54, 1.807) is 13.1 Å². The van der Waals surface area contributed by atoms with Gasteiger partial charge in [0, 0.05) is 40.6 Å². The fourth-order valence-electron chi connectivity index (χ4n) is 3.24. The van der Waals surface area contributed by atoms with Crippen molar-refractivity contribution in [2.45, 2.75) is 70.9 Å². The number of nitrogens with zero attached hydrogens (tertiary/aromatic N) is 1. The van der Waals surface area contributed by atoms with E-state index in [1.807, 2.05) is 6.07 Å². The summed E-state index contributed by atoms with van der Waals surface area (Å²) < 4.78 is 0.912. The minimum atomic E-state index is 0.536. The largest absolute Gasteiger partial charge is 0.369 e. The molecule has 1 aromatic heterocycles. The molecule has 2 rings (SSSR count). The van der Waals surface area contributed by atoms with Crippen molar-refractivity contribution in [2.24, 2.45) is 0 Å². The van der Waals surface area contributed by atoms with E-state index in [1.165, 1.54) is 32.1 Å². The van der Waals surface area contributed by atoms with Crippen LogP contribution >= 0.6 is 15.9 Å². The first-order valence-corrected chi connectivity index (χ1v) is 9.60. The molecular formula is C18H29BrN4. The summed E-state index contributed by atoms with van der Waals surface area (Å²) in [6.07, 6.45) is 10.8. The second-order valence-corrected chi connectivity index (χ2v) is 7.41. The average Bonchev–Trinajstić information content (AvgIpc) is 2.56. The van der Waals surface area contributed by atoms with E-state index in [4.69, 9.17) is 5.41 Å². The summed E-state index contributed by atoms with van der Waals surface area (Å²) in [4.78, 5) is 4.42. The molecule has 0 aliphatic heterocycles. The minimum absolute atomic E-state index is 0.536. The highest BCUT2D eigenvalue weighted by Crippen LogP contribution is 2.20. The number of aromatic nitrogens is 1. The molecule has 1 saturated carbocycles. The van der Waals surface area contributed by atoms with Gasteiger partial charge in [-0.05, 0) is 54.6 Å². The lowest BCUT2D eigenvalue weighted by Crippen LogP contribution is -2.40. The van der Waals surface area contributed by atoms with Gasteiger partial charge in [0.05, 0.1) is 0 Å². The van der Waals surface area contributed by atoms with Gasteiger partial charge in [0.1, 0.15) is 5.82 Å². The van der Waals surface area contributed by atoms with Gasteiger partial charge < -0.3 is 16.0 Å². The molecule has 0 amide bonds. The van der Waals surface area contributed by atoms with Gasteiger partial charge in [0.15, 0.2) is 0 Å². The van der Waals surface area contributed by atoms with E-state index < -0.39 is 0 Å². The van der Waals surface area contributed by atoms with E-state index in [2.05, 4.69) is 38.5 Å². The number of anilines is 1. The van der Waals surface area contributed by atoms with Crippen molar-refractivity contribution >= 4 is 27.5 Å². The van der Waals surface area contributed by atoms with Gasteiger partial charge in [-0.3, -0.25) is 0 Å². The molecule has 1 fully saturated rings. The smallest absolute Gasteiger partial charge is 0.135 e. The standard InChI is InChI=1S/C18H29BrN4/c1-3-15(23-16-7-5-4-6-8-16)9-10-21-18-17(13(2)20)11-14(19)12-22-18/h11-12,15-16,20,23H,3-10H2,1-2H3,(H,21,22). The van der Waals surface area contributed by atoms with Crippen LogP contribution in [0.25, 0.3) is 0 Å². The van der Waals surface area contributed by atoms with E-state index in [9.17, 15) is 0 Å². The fraction of sp³-hybridized carbons (Fsp3) is 0.667. The second kappa shape index (κ2) is 9.38. The van der Waals surface area contributed by atoms with Crippen LogP contribution in [-0.2, 0) is 0 Å². The van der Waals surface area contributed by atoms with Crippen LogP contribution in [0.2, 0.25) is 0 Å². The molecule has 3 N–H and O–H groups in total. The molecule has 0 saturated heterocycles. The van der Waals surface area contributed by atoms with Gasteiger partial charge in [-0.2, -0.15) is 0 Å². The third-order valence-electron chi connectivity index (χ3n) is 4.61. The molecule has 23 heavy (non-hydrogen) atoms. The molecule has 1 unspecified atom stereocenters. The Kier molecular flexibility index (Phi) is 7.50. The van der Waals surface area contributed by atoms with Crippen molar-refractivity contribution in [2.75, 3.05) is 11.9 Å². The molecule has 1 heterocycles. The quantitative estimate of drug-likeness (QED) is 0.571. The third kappa shape index (κ3) is 5.88. The Bertz CT molecular complexity index is 512. The minimum Gasteiger partial charge on any atom is -0.369 e. The lowest BCUT2D eigenvalue weighted by molar-refractivity contribution is 0.325. The molecular weight excluding hydrogens is 352 g/mol. The van der Waals surface area contributed by atoms with Crippen molar-refractivity contribution in [1.29, 1.82) is 5.41 Å². The average molecular weight is 381 g/mol. The maximum absolute atomic E-state index is 7.89. The Morgan fingerprint density at radius 1 is 1.39 bits per heavy atom. The Morgan fingerprint density at radius 2 is 2.13 bits per heavy atom. The maximum atomic E-state index is 7.89. The summed E-state index contributed by atoms with van der Waals surface area (Å²) in [5.41, 5.74) is 1.40. The molecule has 0 aromatic carbocycles. The molecule has 0 radical (unpaired) electrons. The van der Waals surface area contributed by atoms with Crippen LogP contribution in [0.5, 0.6) is 0 Å². The molecule has 1 aliphatic rings. The predicted octanol–water partition coefficient (Wildman–Crippen LogP) is 4.73. The molecule has 0 spiro atoms. The summed E-state index contributed by atoms with van der Waals surface area (Å²) in [7, 11) is 0. The zero-order valence-corrected chi connectivity index (χ0v) is 15.9. The van der Waals surface area contributed by atoms with E-state index in [0.29, 0.717) is 17.8 Å². The van der Waals surface area contributed by atoms with Gasteiger partial charge in [-0.1, -0.05) is 26.2 Å². The van der Waals surface area contributed by atoms with Crippen LogP contribution in [0.1, 0.15) is 64.4 Å². The fourth-order valence-corrected chi connectivity index (χ4v) is 3.57. The number of pyridine rings is 1. The first kappa shape index (κ1) is 18.4. The van der Waals surface area contributed by atoms with E-state index in [-0.39, 0.29) is 0 Å². The van der Waals surface area contributed by atoms with Crippen LogP contribution in [0.3, 0.4) is 0 Å². The SMILES string of the molecule is CCC(CCNc1ncc(Br)cc1C(C)=N)NC1CCCCC1. The highest BCUT2D eigenvalue weighted by molar-refractivity contribution is 9.10. The van der Waals surface area contributed by atoms with Crippen LogP contribution in [0, 0.1) is 5.41 Å². The van der Waals surface area contributed by atoms with Gasteiger partial charge in [0.2, 0.25) is 0 Å². The van der Waals surface area contributed by atoms with Crippen molar-refractivity contribution in [3.05, 3.63) is 22.3 Å². The van der Waals surface area contributed by atoms with Crippen LogP contribution in [0.4, 0.5) is 5.82 Å². The van der Waals surface area contributed by atoms with Crippen molar-refractivity contribution in [3.63, 3.8) is 0 Å². The zero-order chi connectivity index (χ0) is 16.7. The topological polar surface area (TPSA) is 60.8 Å². The molecule has 4 nitrogen and oxygen atoms in total. The van der Waals surface area contributed by atoms with Gasteiger partial charge in [-0.15, -0.1) is 0 Å². The Hall–Kier alpha value is -0.940. The monoisotopic (exact) mass is 380 g/mol. The van der Waals surface area contributed by atoms with Crippen LogP contribution < -0.4 is 10.6 Å². The summed E-state index contributed by atoms with van der Waals surface area (Å²) in [6.45, 7) is 4.94. The highest BCUT2D eigenvalue weighted by Gasteiger charge is 2.17. The van der Waals surface area contributed by atoms with Crippen LogP contribution in [-0.4, -0.2) is 29.3 Å². The number of hydrogen-bond acceptors (Lipinski definition) is 4. The Labute approximate surface area is 148 Å². The van der Waals surface area contributed by atoms with Gasteiger partial charge >= 0.3 is 0 Å². The highest BCUT2D eigenvalue weighted by atomic mass is 79.9.